The molecule has 0 unspecified atom stereocenters. The first-order valence-corrected chi connectivity index (χ1v) is 3.18. The lowest BCUT2D eigenvalue weighted by atomic mass is 10.2. The molecule has 0 aromatic heterocycles. The predicted molar refractivity (Wildman–Crippen MR) is 39.4 cm³/mol. The van der Waals surface area contributed by atoms with Crippen molar-refractivity contribution >= 4 is 0 Å². The van der Waals surface area contributed by atoms with E-state index in [0.717, 1.165) is 6.07 Å². The van der Waals surface area contributed by atoms with Crippen molar-refractivity contribution < 1.29 is 14.2 Å². The first kappa shape index (κ1) is 7.85. The normalized spacial score (nSPS) is 9.73. The molecular weight excluding hydrogens is 147 g/mol. The maximum atomic E-state index is 12.6. The van der Waals surface area contributed by atoms with Gasteiger partial charge >= 0.3 is 0 Å². The summed E-state index contributed by atoms with van der Waals surface area (Å²) in [4.78, 5) is 0. The lowest BCUT2D eigenvalue weighted by Gasteiger charge is -2.05. The van der Waals surface area contributed by atoms with E-state index in [4.69, 9.17) is 9.84 Å². The summed E-state index contributed by atoms with van der Waals surface area (Å²) in [5.41, 5.74) is 0.550. The topological polar surface area (TPSA) is 29.5 Å². The fourth-order valence-electron chi connectivity index (χ4n) is 0.852. The largest absolute Gasteiger partial charge is 0.507 e. The number of hydrogen-bond donors (Lipinski definition) is 1. The van der Waals surface area contributed by atoms with Crippen LogP contribution in [0.1, 0.15) is 5.56 Å². The highest BCUT2D eigenvalue weighted by Crippen LogP contribution is 2.27. The summed E-state index contributed by atoms with van der Waals surface area (Å²) in [6, 6.07) is 2.28. The number of rotatable bonds is 1. The van der Waals surface area contributed by atoms with E-state index in [1.54, 1.807) is 6.92 Å². The van der Waals surface area contributed by atoms with E-state index < -0.39 is 5.82 Å². The number of phenols is 1. The fourth-order valence-corrected chi connectivity index (χ4v) is 0.852. The van der Waals surface area contributed by atoms with Crippen LogP contribution in [0, 0.1) is 12.7 Å². The minimum Gasteiger partial charge on any atom is -0.507 e. The van der Waals surface area contributed by atoms with Crippen LogP contribution >= 0.6 is 0 Å². The van der Waals surface area contributed by atoms with Crippen LogP contribution in [-0.2, 0) is 0 Å². The average molecular weight is 156 g/mol. The zero-order valence-electron chi connectivity index (χ0n) is 6.39. The lowest BCUT2D eigenvalue weighted by Crippen LogP contribution is -1.88. The van der Waals surface area contributed by atoms with Crippen LogP contribution in [0.2, 0.25) is 0 Å². The van der Waals surface area contributed by atoms with Crippen molar-refractivity contribution in [1.29, 1.82) is 0 Å². The van der Waals surface area contributed by atoms with Crippen molar-refractivity contribution in [3.8, 4) is 11.5 Å². The molecule has 0 radical (unpaired) electrons. The van der Waals surface area contributed by atoms with Gasteiger partial charge in [0.1, 0.15) is 17.3 Å². The molecule has 1 aromatic carbocycles. The van der Waals surface area contributed by atoms with Gasteiger partial charge < -0.3 is 9.84 Å². The van der Waals surface area contributed by atoms with Crippen LogP contribution in [0.5, 0.6) is 11.5 Å². The first-order valence-electron chi connectivity index (χ1n) is 3.18. The van der Waals surface area contributed by atoms with Crippen LogP contribution < -0.4 is 4.74 Å². The summed E-state index contributed by atoms with van der Waals surface area (Å²) in [5, 5.41) is 9.09. The number of halogens is 1. The molecule has 1 N–H and O–H groups in total. The number of benzene rings is 1. The number of hydrogen-bond acceptors (Lipinski definition) is 2. The highest BCUT2D eigenvalue weighted by atomic mass is 19.1. The molecule has 0 spiro atoms. The second kappa shape index (κ2) is 2.78. The smallest absolute Gasteiger partial charge is 0.130 e. The Morgan fingerprint density at radius 2 is 2.09 bits per heavy atom. The summed E-state index contributed by atoms with van der Waals surface area (Å²) in [5.74, 6) is -0.214. The second-order valence-corrected chi connectivity index (χ2v) is 2.25. The fraction of sp³-hybridized carbons (Fsp3) is 0.250. The van der Waals surface area contributed by atoms with Crippen molar-refractivity contribution in [2.24, 2.45) is 0 Å². The molecule has 1 rings (SSSR count). The minimum absolute atomic E-state index is 0.0816. The molecule has 2 nitrogen and oxygen atoms in total. The quantitative estimate of drug-likeness (QED) is 0.672. The third-order valence-corrected chi connectivity index (χ3v) is 1.52. The highest BCUT2D eigenvalue weighted by Gasteiger charge is 2.05. The van der Waals surface area contributed by atoms with Crippen molar-refractivity contribution in [2.45, 2.75) is 6.92 Å². The Hall–Kier alpha value is -1.25. The van der Waals surface area contributed by atoms with Crippen LogP contribution in [0.4, 0.5) is 4.39 Å². The van der Waals surface area contributed by atoms with Gasteiger partial charge in [0.2, 0.25) is 0 Å². The second-order valence-electron chi connectivity index (χ2n) is 2.25. The van der Waals surface area contributed by atoms with Gasteiger partial charge in [-0.05, 0) is 6.92 Å². The molecule has 0 saturated heterocycles. The van der Waals surface area contributed by atoms with Gasteiger partial charge in [-0.3, -0.25) is 0 Å². The molecule has 0 aliphatic rings. The van der Waals surface area contributed by atoms with E-state index in [2.05, 4.69) is 0 Å². The third-order valence-electron chi connectivity index (χ3n) is 1.52. The molecule has 1 aromatic rings. The first-order chi connectivity index (χ1) is 5.15. The van der Waals surface area contributed by atoms with Gasteiger partial charge in [0.05, 0.1) is 7.11 Å². The molecule has 3 heteroatoms. The van der Waals surface area contributed by atoms with E-state index >= 15 is 0 Å². The zero-order chi connectivity index (χ0) is 8.43. The van der Waals surface area contributed by atoms with Crippen LogP contribution in [0.3, 0.4) is 0 Å². The van der Waals surface area contributed by atoms with Crippen LogP contribution in [-0.4, -0.2) is 12.2 Å². The Morgan fingerprint density at radius 1 is 1.45 bits per heavy atom. The summed E-state index contributed by atoms with van der Waals surface area (Å²) in [6.07, 6.45) is 0. The standard InChI is InChI=1S/C8H9FO2/c1-5-7(10)3-6(9)4-8(5)11-2/h3-4,10H,1-2H3. The van der Waals surface area contributed by atoms with E-state index in [1.165, 1.54) is 13.2 Å². The molecule has 0 fully saturated rings. The number of aromatic hydroxyl groups is 1. The lowest BCUT2D eigenvalue weighted by molar-refractivity contribution is 0.397. The summed E-state index contributed by atoms with van der Waals surface area (Å²) >= 11 is 0. The summed E-state index contributed by atoms with van der Waals surface area (Å²) in [7, 11) is 1.43. The molecule has 0 aliphatic carbocycles. The average Bonchev–Trinajstić information content (AvgIpc) is 1.96. The van der Waals surface area contributed by atoms with Gasteiger partial charge in [-0.1, -0.05) is 0 Å². The van der Waals surface area contributed by atoms with Gasteiger partial charge in [0, 0.05) is 17.7 Å². The number of methoxy groups -OCH3 is 1. The van der Waals surface area contributed by atoms with E-state index in [0.29, 0.717) is 11.3 Å². The van der Waals surface area contributed by atoms with Gasteiger partial charge in [0.25, 0.3) is 0 Å². The molecule has 0 aliphatic heterocycles. The molecule has 0 atom stereocenters. The molecule has 0 amide bonds. The Morgan fingerprint density at radius 3 is 2.64 bits per heavy atom. The number of phenolic OH excluding ortho intramolecular Hbond substituents is 1. The van der Waals surface area contributed by atoms with Gasteiger partial charge in [-0.2, -0.15) is 0 Å². The van der Waals surface area contributed by atoms with Gasteiger partial charge in [0.15, 0.2) is 0 Å². The van der Waals surface area contributed by atoms with Gasteiger partial charge in [-0.15, -0.1) is 0 Å². The Bertz CT molecular complexity index is 271. The van der Waals surface area contributed by atoms with Crippen molar-refractivity contribution in [3.63, 3.8) is 0 Å². The maximum Gasteiger partial charge on any atom is 0.130 e. The Kier molecular flexibility index (Phi) is 1.98. The van der Waals surface area contributed by atoms with E-state index in [-0.39, 0.29) is 5.75 Å². The maximum absolute atomic E-state index is 12.6. The molecule has 60 valence electrons. The van der Waals surface area contributed by atoms with E-state index in [9.17, 15) is 4.39 Å². The highest BCUT2D eigenvalue weighted by molar-refractivity contribution is 5.43. The van der Waals surface area contributed by atoms with Crippen LogP contribution in [0.25, 0.3) is 0 Å². The zero-order valence-corrected chi connectivity index (χ0v) is 6.39. The molecular formula is C8H9FO2. The van der Waals surface area contributed by atoms with Crippen molar-refractivity contribution in [1.82, 2.24) is 0 Å². The molecule has 0 saturated carbocycles. The molecule has 0 bridgehead atoms. The number of ether oxygens (including phenoxy) is 1. The Labute approximate surface area is 64.2 Å². The van der Waals surface area contributed by atoms with Crippen molar-refractivity contribution in [3.05, 3.63) is 23.5 Å². The van der Waals surface area contributed by atoms with E-state index in [1.807, 2.05) is 0 Å². The third kappa shape index (κ3) is 1.42. The Balaban J connectivity index is 3.24. The van der Waals surface area contributed by atoms with Gasteiger partial charge in [-0.25, -0.2) is 4.39 Å². The monoisotopic (exact) mass is 156 g/mol. The van der Waals surface area contributed by atoms with Crippen LogP contribution in [0.15, 0.2) is 12.1 Å². The summed E-state index contributed by atoms with van der Waals surface area (Å²) < 4.78 is 17.4. The summed E-state index contributed by atoms with van der Waals surface area (Å²) in [6.45, 7) is 1.66. The SMILES string of the molecule is COc1cc(F)cc(O)c1C. The molecule has 0 heterocycles. The predicted octanol–water partition coefficient (Wildman–Crippen LogP) is 1.85. The van der Waals surface area contributed by atoms with Crippen molar-refractivity contribution in [2.75, 3.05) is 7.11 Å². The minimum atomic E-state index is -0.495. The molecule has 11 heavy (non-hydrogen) atoms.